The van der Waals surface area contributed by atoms with Crippen LogP contribution in [0, 0.1) is 12.7 Å². The van der Waals surface area contributed by atoms with Crippen molar-refractivity contribution >= 4 is 11.6 Å². The minimum Gasteiger partial charge on any atom is -0.388 e. The van der Waals surface area contributed by atoms with Gasteiger partial charge < -0.3 is 10.4 Å². The van der Waals surface area contributed by atoms with E-state index in [1.54, 1.807) is 13.0 Å². The van der Waals surface area contributed by atoms with E-state index >= 15 is 0 Å². The number of benzene rings is 1. The third-order valence-corrected chi connectivity index (χ3v) is 4.01. The van der Waals surface area contributed by atoms with Crippen molar-refractivity contribution in [2.24, 2.45) is 0 Å². The minimum atomic E-state index is -4.80. The standard InChI is InChI=1S/C17H17F4N5O/c1-9-6-13(26-15(24-9)22-8-23-26)25-14(16(2,3)27)10-4-5-11(12(18)7-10)17(19,20)21/h4-8,14,25,27H,1-3H3. The number of hydrogen-bond acceptors (Lipinski definition) is 5. The number of aryl methyl sites for hydroxylation is 1. The molecule has 3 rings (SSSR count). The molecule has 144 valence electrons. The SMILES string of the molecule is Cc1cc(NC(c2ccc(C(F)(F)F)c(F)c2)C(C)(C)O)n2ncnc2n1. The number of rotatable bonds is 4. The number of alkyl halides is 3. The van der Waals surface area contributed by atoms with Gasteiger partial charge in [-0.15, -0.1) is 0 Å². The van der Waals surface area contributed by atoms with E-state index in [1.807, 2.05) is 0 Å². The topological polar surface area (TPSA) is 75.3 Å². The summed E-state index contributed by atoms with van der Waals surface area (Å²) in [5, 5.41) is 17.6. The van der Waals surface area contributed by atoms with E-state index in [0.717, 1.165) is 12.1 Å². The summed E-state index contributed by atoms with van der Waals surface area (Å²) in [7, 11) is 0. The van der Waals surface area contributed by atoms with Gasteiger partial charge in [0.1, 0.15) is 18.0 Å². The lowest BCUT2D eigenvalue weighted by Gasteiger charge is -2.31. The number of nitrogens with one attached hydrogen (secondary N) is 1. The summed E-state index contributed by atoms with van der Waals surface area (Å²) in [4.78, 5) is 8.18. The largest absolute Gasteiger partial charge is 0.419 e. The van der Waals surface area contributed by atoms with Gasteiger partial charge in [-0.2, -0.15) is 27.8 Å². The number of halogens is 4. The van der Waals surface area contributed by atoms with Crippen molar-refractivity contribution in [3.8, 4) is 0 Å². The number of aliphatic hydroxyl groups is 1. The van der Waals surface area contributed by atoms with E-state index < -0.39 is 29.2 Å². The molecule has 0 aliphatic rings. The lowest BCUT2D eigenvalue weighted by Crippen LogP contribution is -2.35. The molecule has 10 heteroatoms. The maximum Gasteiger partial charge on any atom is 0.419 e. The molecule has 1 aromatic carbocycles. The predicted octanol–water partition coefficient (Wildman–Crippen LogP) is 3.51. The van der Waals surface area contributed by atoms with E-state index in [2.05, 4.69) is 20.4 Å². The van der Waals surface area contributed by atoms with Gasteiger partial charge in [-0.3, -0.25) is 0 Å². The summed E-state index contributed by atoms with van der Waals surface area (Å²) in [5.74, 6) is -0.694. The third kappa shape index (κ3) is 3.85. The summed E-state index contributed by atoms with van der Waals surface area (Å²) in [5.41, 5.74) is -2.03. The molecule has 0 saturated carbocycles. The van der Waals surface area contributed by atoms with Crippen molar-refractivity contribution in [1.29, 1.82) is 0 Å². The number of nitrogens with zero attached hydrogens (tertiary/aromatic N) is 4. The van der Waals surface area contributed by atoms with Gasteiger partial charge in [0.2, 0.25) is 0 Å². The van der Waals surface area contributed by atoms with E-state index in [4.69, 9.17) is 0 Å². The van der Waals surface area contributed by atoms with Crippen molar-refractivity contribution in [2.45, 2.75) is 38.6 Å². The van der Waals surface area contributed by atoms with Gasteiger partial charge in [0.05, 0.1) is 17.2 Å². The van der Waals surface area contributed by atoms with Crippen LogP contribution in [0.4, 0.5) is 23.4 Å². The first-order valence-corrected chi connectivity index (χ1v) is 8.00. The molecule has 2 heterocycles. The molecule has 0 aliphatic heterocycles. The van der Waals surface area contributed by atoms with Crippen molar-refractivity contribution in [3.63, 3.8) is 0 Å². The van der Waals surface area contributed by atoms with Crippen molar-refractivity contribution in [1.82, 2.24) is 19.6 Å². The second kappa shape index (κ2) is 6.45. The fraction of sp³-hybridized carbons (Fsp3) is 0.353. The Bertz CT molecular complexity index is 978. The van der Waals surface area contributed by atoms with Crippen LogP contribution in [0.3, 0.4) is 0 Å². The zero-order valence-corrected chi connectivity index (χ0v) is 14.7. The summed E-state index contributed by atoms with van der Waals surface area (Å²) < 4.78 is 53.9. The molecule has 0 fully saturated rings. The van der Waals surface area contributed by atoms with E-state index in [9.17, 15) is 22.7 Å². The fourth-order valence-electron chi connectivity index (χ4n) is 2.79. The zero-order valence-electron chi connectivity index (χ0n) is 14.7. The van der Waals surface area contributed by atoms with Gasteiger partial charge in [-0.25, -0.2) is 9.37 Å². The number of fused-ring (bicyclic) bond motifs is 1. The average molecular weight is 383 g/mol. The molecule has 1 unspecified atom stereocenters. The predicted molar refractivity (Wildman–Crippen MR) is 89.6 cm³/mol. The second-order valence-electron chi connectivity index (χ2n) is 6.72. The molecular weight excluding hydrogens is 366 g/mol. The Morgan fingerprint density at radius 2 is 1.89 bits per heavy atom. The average Bonchev–Trinajstić information content (AvgIpc) is 2.98. The Morgan fingerprint density at radius 3 is 2.48 bits per heavy atom. The molecule has 0 bridgehead atoms. The lowest BCUT2D eigenvalue weighted by molar-refractivity contribution is -0.140. The zero-order chi connectivity index (χ0) is 20.0. The number of anilines is 1. The smallest absolute Gasteiger partial charge is 0.388 e. The van der Waals surface area contributed by atoms with Gasteiger partial charge in [0.15, 0.2) is 0 Å². The van der Waals surface area contributed by atoms with Gasteiger partial charge in [0.25, 0.3) is 5.78 Å². The van der Waals surface area contributed by atoms with Crippen LogP contribution in [-0.2, 0) is 6.18 Å². The molecule has 0 spiro atoms. The van der Waals surface area contributed by atoms with Crippen LogP contribution in [-0.4, -0.2) is 30.3 Å². The Labute approximate surface area is 151 Å². The third-order valence-electron chi connectivity index (χ3n) is 4.01. The van der Waals surface area contributed by atoms with Gasteiger partial charge in [-0.05, 0) is 38.5 Å². The van der Waals surface area contributed by atoms with E-state index in [1.165, 1.54) is 24.7 Å². The highest BCUT2D eigenvalue weighted by atomic mass is 19.4. The van der Waals surface area contributed by atoms with Gasteiger partial charge >= 0.3 is 6.18 Å². The molecule has 3 aromatic rings. The maximum atomic E-state index is 14.0. The fourth-order valence-corrected chi connectivity index (χ4v) is 2.79. The minimum absolute atomic E-state index is 0.149. The summed E-state index contributed by atoms with van der Waals surface area (Å²) >= 11 is 0. The summed E-state index contributed by atoms with van der Waals surface area (Å²) in [6.45, 7) is 4.66. The van der Waals surface area contributed by atoms with Crippen LogP contribution >= 0.6 is 0 Å². The molecule has 6 nitrogen and oxygen atoms in total. The number of aromatic nitrogens is 4. The van der Waals surface area contributed by atoms with Gasteiger partial charge in [0, 0.05) is 11.8 Å². The highest BCUT2D eigenvalue weighted by molar-refractivity contribution is 5.47. The lowest BCUT2D eigenvalue weighted by atomic mass is 9.91. The van der Waals surface area contributed by atoms with Crippen LogP contribution in [0.25, 0.3) is 5.78 Å². The normalized spacial score (nSPS) is 13.8. The molecule has 0 amide bonds. The van der Waals surface area contributed by atoms with Crippen LogP contribution in [0.5, 0.6) is 0 Å². The molecule has 0 radical (unpaired) electrons. The molecule has 2 N–H and O–H groups in total. The number of hydrogen-bond donors (Lipinski definition) is 2. The molecule has 0 aliphatic carbocycles. The van der Waals surface area contributed by atoms with Crippen LogP contribution < -0.4 is 5.32 Å². The molecular formula is C17H17F4N5O. The quantitative estimate of drug-likeness (QED) is 0.675. The summed E-state index contributed by atoms with van der Waals surface area (Å²) in [6.07, 6.45) is -3.50. The monoisotopic (exact) mass is 383 g/mol. The van der Waals surface area contributed by atoms with Gasteiger partial charge in [-0.1, -0.05) is 6.07 Å². The van der Waals surface area contributed by atoms with Crippen LogP contribution in [0.1, 0.15) is 36.7 Å². The molecule has 1 atom stereocenters. The van der Waals surface area contributed by atoms with E-state index in [-0.39, 0.29) is 5.56 Å². The Balaban J connectivity index is 2.05. The highest BCUT2D eigenvalue weighted by Crippen LogP contribution is 2.35. The Hall–Kier alpha value is -2.75. The Kier molecular flexibility index (Phi) is 4.54. The van der Waals surface area contributed by atoms with Crippen LogP contribution in [0.2, 0.25) is 0 Å². The molecule has 2 aromatic heterocycles. The van der Waals surface area contributed by atoms with E-state index in [0.29, 0.717) is 23.4 Å². The molecule has 27 heavy (non-hydrogen) atoms. The maximum absolute atomic E-state index is 14.0. The Morgan fingerprint density at radius 1 is 1.19 bits per heavy atom. The van der Waals surface area contributed by atoms with Crippen molar-refractivity contribution < 1.29 is 22.7 Å². The first-order chi connectivity index (χ1) is 12.5. The summed E-state index contributed by atoms with van der Waals surface area (Å²) in [6, 6.07) is 3.28. The molecule has 0 saturated heterocycles. The first-order valence-electron chi connectivity index (χ1n) is 8.00. The van der Waals surface area contributed by atoms with Crippen molar-refractivity contribution in [2.75, 3.05) is 5.32 Å². The van der Waals surface area contributed by atoms with Crippen molar-refractivity contribution in [3.05, 3.63) is 53.2 Å². The highest BCUT2D eigenvalue weighted by Gasteiger charge is 2.36. The first kappa shape index (κ1) is 19.0. The van der Waals surface area contributed by atoms with Crippen LogP contribution in [0.15, 0.2) is 30.6 Å². The second-order valence-corrected chi connectivity index (χ2v) is 6.72.